The van der Waals surface area contributed by atoms with Gasteiger partial charge in [0.2, 0.25) is 0 Å². The zero-order chi connectivity index (χ0) is 10.5. The van der Waals surface area contributed by atoms with Crippen LogP contribution in [0.15, 0.2) is 12.5 Å². The van der Waals surface area contributed by atoms with Crippen molar-refractivity contribution in [1.29, 1.82) is 0 Å². The number of rotatable bonds is 5. The van der Waals surface area contributed by atoms with Gasteiger partial charge in [-0.25, -0.2) is 4.98 Å². The molecule has 0 amide bonds. The van der Waals surface area contributed by atoms with Crippen molar-refractivity contribution in [2.24, 2.45) is 0 Å². The number of aromatic amines is 1. The molecule has 84 valence electrons. The van der Waals surface area contributed by atoms with Crippen molar-refractivity contribution >= 4 is 0 Å². The van der Waals surface area contributed by atoms with Crippen LogP contribution in [0.25, 0.3) is 0 Å². The molecule has 0 radical (unpaired) electrons. The van der Waals surface area contributed by atoms with E-state index in [1.165, 1.54) is 25.9 Å². The van der Waals surface area contributed by atoms with E-state index in [1.54, 1.807) is 6.33 Å². The number of H-pyrrole nitrogens is 1. The summed E-state index contributed by atoms with van der Waals surface area (Å²) in [6.07, 6.45) is 6.29. The summed E-state index contributed by atoms with van der Waals surface area (Å²) < 4.78 is 0. The van der Waals surface area contributed by atoms with E-state index in [9.17, 15) is 0 Å². The Bertz CT molecular complexity index is 270. The Morgan fingerprint density at radius 1 is 1.67 bits per heavy atom. The summed E-state index contributed by atoms with van der Waals surface area (Å²) in [5.41, 5.74) is 1.16. The molecule has 2 N–H and O–H groups in total. The fourth-order valence-corrected chi connectivity index (χ4v) is 2.30. The highest BCUT2D eigenvalue weighted by Gasteiger charge is 2.21. The largest absolute Gasteiger partial charge is 0.347 e. The predicted octanol–water partition coefficient (Wildman–Crippen LogP) is 0.984. The molecule has 15 heavy (non-hydrogen) atoms. The van der Waals surface area contributed by atoms with E-state index in [-0.39, 0.29) is 0 Å². The second-order valence-corrected chi connectivity index (χ2v) is 4.13. The Kier molecular flexibility index (Phi) is 3.75. The Morgan fingerprint density at radius 3 is 3.33 bits per heavy atom. The third-order valence-corrected chi connectivity index (χ3v) is 3.16. The standard InChI is InChI=1S/C11H20N4/c1-2-15-5-3-4-11(15)8-12-6-10-7-13-9-14-10/h7,9,11-12H,2-6,8H2,1H3,(H,13,14). The van der Waals surface area contributed by atoms with Crippen LogP contribution in [0.3, 0.4) is 0 Å². The van der Waals surface area contributed by atoms with Crippen LogP contribution < -0.4 is 5.32 Å². The smallest absolute Gasteiger partial charge is 0.0922 e. The van der Waals surface area contributed by atoms with Gasteiger partial charge >= 0.3 is 0 Å². The molecule has 1 aromatic rings. The topological polar surface area (TPSA) is 44.0 Å². The molecule has 1 aliphatic rings. The SMILES string of the molecule is CCN1CCCC1CNCc1cnc[nH]1. The van der Waals surface area contributed by atoms with Crippen molar-refractivity contribution in [3.63, 3.8) is 0 Å². The molecular weight excluding hydrogens is 188 g/mol. The first kappa shape index (κ1) is 10.6. The van der Waals surface area contributed by atoms with Crippen molar-refractivity contribution < 1.29 is 0 Å². The molecule has 1 atom stereocenters. The zero-order valence-corrected chi connectivity index (χ0v) is 9.37. The van der Waals surface area contributed by atoms with Crippen LogP contribution in [-0.2, 0) is 6.54 Å². The fourth-order valence-electron chi connectivity index (χ4n) is 2.30. The van der Waals surface area contributed by atoms with Gasteiger partial charge in [0.1, 0.15) is 0 Å². The maximum absolute atomic E-state index is 4.00. The monoisotopic (exact) mass is 208 g/mol. The molecule has 0 bridgehead atoms. The average molecular weight is 208 g/mol. The highest BCUT2D eigenvalue weighted by Crippen LogP contribution is 2.15. The van der Waals surface area contributed by atoms with Crippen molar-refractivity contribution in [3.8, 4) is 0 Å². The summed E-state index contributed by atoms with van der Waals surface area (Å²) in [7, 11) is 0. The molecule has 1 aromatic heterocycles. The normalized spacial score (nSPS) is 22.3. The van der Waals surface area contributed by atoms with Crippen LogP contribution >= 0.6 is 0 Å². The number of likely N-dealkylation sites (tertiary alicyclic amines) is 1. The Labute approximate surface area is 91.1 Å². The van der Waals surface area contributed by atoms with E-state index in [0.717, 1.165) is 24.8 Å². The molecular formula is C11H20N4. The number of nitrogens with one attached hydrogen (secondary N) is 2. The molecule has 1 aliphatic heterocycles. The first-order valence-corrected chi connectivity index (χ1v) is 5.82. The summed E-state index contributed by atoms with van der Waals surface area (Å²) in [5, 5.41) is 3.48. The van der Waals surface area contributed by atoms with E-state index in [4.69, 9.17) is 0 Å². The third kappa shape index (κ3) is 2.79. The van der Waals surface area contributed by atoms with Crippen LogP contribution in [0, 0.1) is 0 Å². The molecule has 4 heteroatoms. The molecule has 1 saturated heterocycles. The minimum atomic E-state index is 0.734. The molecule has 2 rings (SSSR count). The van der Waals surface area contributed by atoms with E-state index < -0.39 is 0 Å². The van der Waals surface area contributed by atoms with Gasteiger partial charge in [0.15, 0.2) is 0 Å². The van der Waals surface area contributed by atoms with E-state index in [1.807, 2.05) is 6.20 Å². The van der Waals surface area contributed by atoms with Crippen LogP contribution in [0.5, 0.6) is 0 Å². The van der Waals surface area contributed by atoms with Gasteiger partial charge in [-0.15, -0.1) is 0 Å². The van der Waals surface area contributed by atoms with Crippen molar-refractivity contribution in [1.82, 2.24) is 20.2 Å². The van der Waals surface area contributed by atoms with E-state index >= 15 is 0 Å². The Morgan fingerprint density at radius 2 is 2.60 bits per heavy atom. The average Bonchev–Trinajstić information content (AvgIpc) is 2.88. The summed E-state index contributed by atoms with van der Waals surface area (Å²) in [6.45, 7) is 6.68. The molecule has 4 nitrogen and oxygen atoms in total. The molecule has 0 aromatic carbocycles. The quantitative estimate of drug-likeness (QED) is 0.758. The van der Waals surface area contributed by atoms with Crippen LogP contribution in [0.4, 0.5) is 0 Å². The maximum Gasteiger partial charge on any atom is 0.0922 e. The first-order chi connectivity index (χ1) is 7.40. The number of hydrogen-bond acceptors (Lipinski definition) is 3. The van der Waals surface area contributed by atoms with Crippen LogP contribution in [0.1, 0.15) is 25.5 Å². The van der Waals surface area contributed by atoms with Crippen molar-refractivity contribution in [2.45, 2.75) is 32.4 Å². The zero-order valence-electron chi connectivity index (χ0n) is 9.37. The molecule has 2 heterocycles. The summed E-state index contributed by atoms with van der Waals surface area (Å²) in [6, 6.07) is 0.734. The van der Waals surface area contributed by atoms with Gasteiger partial charge in [0.05, 0.1) is 6.33 Å². The lowest BCUT2D eigenvalue weighted by molar-refractivity contribution is 0.259. The number of likely N-dealkylation sites (N-methyl/N-ethyl adjacent to an activating group) is 1. The van der Waals surface area contributed by atoms with Gasteiger partial charge < -0.3 is 10.3 Å². The number of imidazole rings is 1. The molecule has 0 saturated carbocycles. The number of hydrogen-bond donors (Lipinski definition) is 2. The minimum Gasteiger partial charge on any atom is -0.347 e. The van der Waals surface area contributed by atoms with Crippen molar-refractivity contribution in [3.05, 3.63) is 18.2 Å². The fraction of sp³-hybridized carbons (Fsp3) is 0.727. The highest BCUT2D eigenvalue weighted by atomic mass is 15.2. The van der Waals surface area contributed by atoms with Gasteiger partial charge in [-0.05, 0) is 25.9 Å². The summed E-state index contributed by atoms with van der Waals surface area (Å²) in [4.78, 5) is 9.65. The third-order valence-electron chi connectivity index (χ3n) is 3.16. The molecule has 1 fully saturated rings. The molecule has 0 aliphatic carbocycles. The molecule has 0 spiro atoms. The van der Waals surface area contributed by atoms with Crippen LogP contribution in [-0.4, -0.2) is 40.5 Å². The van der Waals surface area contributed by atoms with Crippen LogP contribution in [0.2, 0.25) is 0 Å². The van der Waals surface area contributed by atoms with Crippen molar-refractivity contribution in [2.75, 3.05) is 19.6 Å². The molecule has 1 unspecified atom stereocenters. The van der Waals surface area contributed by atoms with Gasteiger partial charge in [0, 0.05) is 31.0 Å². The number of aromatic nitrogens is 2. The van der Waals surface area contributed by atoms with E-state index in [2.05, 4.69) is 27.1 Å². The lowest BCUT2D eigenvalue weighted by atomic mass is 10.2. The summed E-state index contributed by atoms with van der Waals surface area (Å²) >= 11 is 0. The van der Waals surface area contributed by atoms with Gasteiger partial charge in [-0.1, -0.05) is 6.92 Å². The lowest BCUT2D eigenvalue weighted by Gasteiger charge is -2.22. The van der Waals surface area contributed by atoms with Gasteiger partial charge in [0.25, 0.3) is 0 Å². The van der Waals surface area contributed by atoms with Gasteiger partial charge in [-0.2, -0.15) is 0 Å². The number of nitrogens with zero attached hydrogens (tertiary/aromatic N) is 2. The summed E-state index contributed by atoms with van der Waals surface area (Å²) in [5.74, 6) is 0. The van der Waals surface area contributed by atoms with E-state index in [0.29, 0.717) is 0 Å². The lowest BCUT2D eigenvalue weighted by Crippen LogP contribution is -2.37. The first-order valence-electron chi connectivity index (χ1n) is 5.82. The van der Waals surface area contributed by atoms with Gasteiger partial charge in [-0.3, -0.25) is 4.90 Å². The highest BCUT2D eigenvalue weighted by molar-refractivity contribution is 4.93. The Balaban J connectivity index is 1.69. The second kappa shape index (κ2) is 5.28. The minimum absolute atomic E-state index is 0.734. The second-order valence-electron chi connectivity index (χ2n) is 4.13. The maximum atomic E-state index is 4.00. The predicted molar refractivity (Wildman–Crippen MR) is 60.6 cm³/mol. The Hall–Kier alpha value is -0.870.